The molecule has 0 saturated carbocycles. The molecule has 0 unspecified atom stereocenters. The molecule has 6 heteroatoms. The van der Waals surface area contributed by atoms with Crippen LogP contribution in [0, 0.1) is 11.6 Å². The Morgan fingerprint density at radius 3 is 2.42 bits per heavy atom. The lowest BCUT2D eigenvalue weighted by Crippen LogP contribution is -2.17. The van der Waals surface area contributed by atoms with E-state index in [9.17, 15) is 13.6 Å². The van der Waals surface area contributed by atoms with Crippen molar-refractivity contribution in [1.82, 2.24) is 15.0 Å². The average molecular weight is 259 g/mol. The molecule has 0 N–H and O–H groups in total. The number of carbonyl (C=O) groups is 1. The van der Waals surface area contributed by atoms with Crippen molar-refractivity contribution < 1.29 is 13.6 Å². The average Bonchev–Trinajstić information content (AvgIpc) is 2.82. The van der Waals surface area contributed by atoms with E-state index in [2.05, 4.69) is 10.3 Å². The summed E-state index contributed by atoms with van der Waals surface area (Å²) >= 11 is 0. The van der Waals surface area contributed by atoms with Crippen LogP contribution in [0.1, 0.15) is 10.4 Å². The maximum Gasteiger partial charge on any atom is 0.286 e. The Kier molecular flexibility index (Phi) is 2.56. The van der Waals surface area contributed by atoms with E-state index < -0.39 is 23.1 Å². The van der Waals surface area contributed by atoms with Crippen molar-refractivity contribution in [3.8, 4) is 0 Å². The molecule has 0 atom stereocenters. The molecule has 1 heterocycles. The third-order valence-electron chi connectivity index (χ3n) is 2.72. The van der Waals surface area contributed by atoms with Crippen molar-refractivity contribution in [2.24, 2.45) is 0 Å². The van der Waals surface area contributed by atoms with Crippen molar-refractivity contribution in [2.45, 2.75) is 0 Å². The van der Waals surface area contributed by atoms with Crippen LogP contribution in [0.3, 0.4) is 0 Å². The molecule has 0 bridgehead atoms. The van der Waals surface area contributed by atoms with Gasteiger partial charge in [-0.3, -0.25) is 4.79 Å². The van der Waals surface area contributed by atoms with Gasteiger partial charge in [-0.1, -0.05) is 23.4 Å². The Bertz CT molecular complexity index is 762. The second-order valence-corrected chi connectivity index (χ2v) is 3.89. The summed E-state index contributed by atoms with van der Waals surface area (Å²) < 4.78 is 28.0. The van der Waals surface area contributed by atoms with E-state index in [1.807, 2.05) is 0 Å². The van der Waals surface area contributed by atoms with Gasteiger partial charge in [0, 0.05) is 0 Å². The summed E-state index contributed by atoms with van der Waals surface area (Å²) in [5.74, 6) is -2.74. The Labute approximate surface area is 106 Å². The summed E-state index contributed by atoms with van der Waals surface area (Å²) in [6, 6.07) is 9.92. The Hall–Kier alpha value is -2.63. The van der Waals surface area contributed by atoms with Crippen LogP contribution >= 0.6 is 0 Å². The number of halogens is 2. The van der Waals surface area contributed by atoms with Crippen LogP contribution in [0.25, 0.3) is 11.0 Å². The first-order valence-electron chi connectivity index (χ1n) is 5.47. The minimum atomic E-state index is -0.926. The Balaban J connectivity index is 2.20. The fourth-order valence-electron chi connectivity index (χ4n) is 1.83. The van der Waals surface area contributed by atoms with Gasteiger partial charge in [0.25, 0.3) is 5.91 Å². The quantitative estimate of drug-likeness (QED) is 0.674. The highest BCUT2D eigenvalue weighted by molar-refractivity contribution is 6.00. The van der Waals surface area contributed by atoms with Gasteiger partial charge in [-0.05, 0) is 24.3 Å². The molecule has 3 aromatic rings. The lowest BCUT2D eigenvalue weighted by molar-refractivity contribution is 0.0939. The topological polar surface area (TPSA) is 47.8 Å². The molecule has 0 amide bonds. The maximum atomic E-state index is 13.6. The molecule has 19 heavy (non-hydrogen) atoms. The predicted molar refractivity (Wildman–Crippen MR) is 63.6 cm³/mol. The van der Waals surface area contributed by atoms with Crippen LogP contribution in [-0.2, 0) is 0 Å². The van der Waals surface area contributed by atoms with Crippen LogP contribution in [-0.4, -0.2) is 20.9 Å². The largest absolute Gasteiger partial charge is 0.286 e. The molecule has 4 nitrogen and oxygen atoms in total. The lowest BCUT2D eigenvalue weighted by Gasteiger charge is -2.03. The van der Waals surface area contributed by atoms with Gasteiger partial charge in [-0.25, -0.2) is 8.78 Å². The number of hydrogen-bond acceptors (Lipinski definition) is 3. The molecule has 0 saturated heterocycles. The monoisotopic (exact) mass is 259 g/mol. The molecule has 94 valence electrons. The van der Waals surface area contributed by atoms with E-state index in [1.54, 1.807) is 24.3 Å². The number of para-hydroxylation sites is 1. The number of carbonyl (C=O) groups excluding carboxylic acids is 1. The van der Waals surface area contributed by atoms with E-state index in [0.717, 1.165) is 16.8 Å². The van der Waals surface area contributed by atoms with Crippen LogP contribution in [0.4, 0.5) is 8.78 Å². The van der Waals surface area contributed by atoms with Crippen LogP contribution in [0.2, 0.25) is 0 Å². The summed E-state index contributed by atoms with van der Waals surface area (Å²) in [5, 5.41) is 7.41. The third kappa shape index (κ3) is 1.77. The zero-order valence-electron chi connectivity index (χ0n) is 9.55. The predicted octanol–water partition coefficient (Wildman–Crippen LogP) is 2.40. The summed E-state index contributed by atoms with van der Waals surface area (Å²) in [7, 11) is 0. The minimum absolute atomic E-state index is 0.398. The number of benzene rings is 2. The van der Waals surface area contributed by atoms with E-state index in [-0.39, 0.29) is 0 Å². The molecule has 0 aliphatic rings. The SMILES string of the molecule is O=C(c1c(F)cccc1F)n1nnc2ccccc21. The van der Waals surface area contributed by atoms with Gasteiger partial charge >= 0.3 is 0 Å². The standard InChI is InChI=1S/C13H7F2N3O/c14-8-4-3-5-9(15)12(8)13(19)18-11-7-2-1-6-10(11)16-17-18/h1-7H. The minimum Gasteiger partial charge on any atom is -0.266 e. The summed E-state index contributed by atoms with van der Waals surface area (Å²) in [6.45, 7) is 0. The normalized spacial score (nSPS) is 10.8. The molecule has 3 rings (SSSR count). The number of hydrogen-bond donors (Lipinski definition) is 0. The number of fused-ring (bicyclic) bond motifs is 1. The molecule has 2 aromatic carbocycles. The first kappa shape index (κ1) is 11.5. The van der Waals surface area contributed by atoms with E-state index >= 15 is 0 Å². The van der Waals surface area contributed by atoms with Crippen LogP contribution in [0.15, 0.2) is 42.5 Å². The second kappa shape index (κ2) is 4.24. The second-order valence-electron chi connectivity index (χ2n) is 3.89. The molecular formula is C13H7F2N3O. The van der Waals surface area contributed by atoms with Crippen molar-refractivity contribution in [2.75, 3.05) is 0 Å². The molecule has 0 radical (unpaired) electrons. The number of aromatic nitrogens is 3. The van der Waals surface area contributed by atoms with Crippen LogP contribution in [0.5, 0.6) is 0 Å². The maximum absolute atomic E-state index is 13.6. The zero-order chi connectivity index (χ0) is 13.4. The summed E-state index contributed by atoms with van der Waals surface area (Å²) in [4.78, 5) is 12.1. The third-order valence-corrected chi connectivity index (χ3v) is 2.72. The van der Waals surface area contributed by atoms with Gasteiger partial charge in [-0.2, -0.15) is 4.68 Å². The summed E-state index contributed by atoms with van der Waals surface area (Å²) in [6.07, 6.45) is 0. The van der Waals surface area contributed by atoms with Gasteiger partial charge < -0.3 is 0 Å². The van der Waals surface area contributed by atoms with E-state index in [0.29, 0.717) is 11.0 Å². The molecular weight excluding hydrogens is 252 g/mol. The molecule has 0 aliphatic carbocycles. The van der Waals surface area contributed by atoms with Crippen molar-refractivity contribution >= 4 is 16.9 Å². The van der Waals surface area contributed by atoms with Crippen LogP contribution < -0.4 is 0 Å². The smallest absolute Gasteiger partial charge is 0.266 e. The number of nitrogens with zero attached hydrogens (tertiary/aromatic N) is 3. The highest BCUT2D eigenvalue weighted by Gasteiger charge is 2.21. The first-order chi connectivity index (χ1) is 9.18. The van der Waals surface area contributed by atoms with Crippen molar-refractivity contribution in [3.63, 3.8) is 0 Å². The molecule has 1 aromatic heterocycles. The number of rotatable bonds is 1. The highest BCUT2D eigenvalue weighted by Crippen LogP contribution is 2.16. The van der Waals surface area contributed by atoms with E-state index in [1.165, 1.54) is 6.07 Å². The Morgan fingerprint density at radius 1 is 1.00 bits per heavy atom. The fourth-order valence-corrected chi connectivity index (χ4v) is 1.83. The summed E-state index contributed by atoms with van der Waals surface area (Å²) in [5.41, 5.74) is 0.237. The fraction of sp³-hybridized carbons (Fsp3) is 0. The molecule has 0 aliphatic heterocycles. The lowest BCUT2D eigenvalue weighted by atomic mass is 10.2. The molecule has 0 fully saturated rings. The van der Waals surface area contributed by atoms with Gasteiger partial charge in [0.05, 0.1) is 5.52 Å². The highest BCUT2D eigenvalue weighted by atomic mass is 19.1. The zero-order valence-corrected chi connectivity index (χ0v) is 9.55. The van der Waals surface area contributed by atoms with Gasteiger partial charge in [0.15, 0.2) is 0 Å². The van der Waals surface area contributed by atoms with Gasteiger partial charge in [-0.15, -0.1) is 5.10 Å². The first-order valence-corrected chi connectivity index (χ1v) is 5.47. The van der Waals surface area contributed by atoms with Crippen molar-refractivity contribution in [1.29, 1.82) is 0 Å². The van der Waals surface area contributed by atoms with Gasteiger partial charge in [0.1, 0.15) is 22.7 Å². The Morgan fingerprint density at radius 2 is 1.68 bits per heavy atom. The van der Waals surface area contributed by atoms with Gasteiger partial charge in [0.2, 0.25) is 0 Å². The molecule has 0 spiro atoms. The van der Waals surface area contributed by atoms with E-state index in [4.69, 9.17) is 0 Å². The van der Waals surface area contributed by atoms with Crippen molar-refractivity contribution in [3.05, 3.63) is 59.7 Å².